The third kappa shape index (κ3) is 4.21. The van der Waals surface area contributed by atoms with Gasteiger partial charge in [0.15, 0.2) is 0 Å². The number of cyclic esters (lactones) is 1. The molecule has 9 nitrogen and oxygen atoms in total. The lowest BCUT2D eigenvalue weighted by molar-refractivity contribution is 0.0709. The second-order valence-corrected chi connectivity index (χ2v) is 9.33. The molecular formula is C26H29N4O5-. The number of nitrogens with zero attached hydrogens (tertiary/aromatic N) is 4. The highest BCUT2D eigenvalue weighted by Gasteiger charge is 2.35. The SMILES string of the molecule is CC1C=CC(C)N1C(=O)c1ccc(N2CCC(N3C(=O)OCc4ccccc43)CC2)c(N([O-])O)c1. The molecule has 184 valence electrons. The van der Waals surface area contributed by atoms with Crippen LogP contribution in [0.1, 0.15) is 42.6 Å². The molecule has 2 atom stereocenters. The van der Waals surface area contributed by atoms with Crippen LogP contribution in [-0.4, -0.2) is 53.3 Å². The zero-order chi connectivity index (χ0) is 24.7. The Labute approximate surface area is 204 Å². The van der Waals surface area contributed by atoms with E-state index < -0.39 is 0 Å². The molecule has 2 unspecified atom stereocenters. The summed E-state index contributed by atoms with van der Waals surface area (Å²) in [4.78, 5) is 31.2. The second kappa shape index (κ2) is 9.24. The standard InChI is InChI=1S/C26H29N4O5/c1-17-7-8-18(2)28(17)25(31)19-9-10-23(24(15-19)30(33)34)27-13-11-21(12-14-27)29-22-6-4-3-5-20(22)16-35-26(29)32/h3-10,15,17-18,21,33H,11-14,16H2,1-2H3/q-1. The van der Waals surface area contributed by atoms with E-state index >= 15 is 0 Å². The molecule has 0 spiro atoms. The summed E-state index contributed by atoms with van der Waals surface area (Å²) in [6, 6.07) is 12.5. The number of hydrogen-bond acceptors (Lipinski definition) is 7. The van der Waals surface area contributed by atoms with Crippen LogP contribution in [0.3, 0.4) is 0 Å². The van der Waals surface area contributed by atoms with Gasteiger partial charge in [-0.15, -0.1) is 0 Å². The van der Waals surface area contributed by atoms with Crippen molar-refractivity contribution in [2.45, 2.75) is 51.4 Å². The maximum atomic E-state index is 13.1. The van der Waals surface area contributed by atoms with Crippen LogP contribution >= 0.6 is 0 Å². The van der Waals surface area contributed by atoms with Gasteiger partial charge in [-0.1, -0.05) is 30.4 Å². The van der Waals surface area contributed by atoms with Gasteiger partial charge in [0.05, 0.1) is 17.1 Å². The Morgan fingerprint density at radius 2 is 1.74 bits per heavy atom. The molecule has 3 aliphatic heterocycles. The Hall–Kier alpha value is -3.56. The van der Waals surface area contributed by atoms with Crippen molar-refractivity contribution in [3.8, 4) is 0 Å². The minimum absolute atomic E-state index is 0.0319. The van der Waals surface area contributed by atoms with Crippen LogP contribution in [0.2, 0.25) is 0 Å². The van der Waals surface area contributed by atoms with Gasteiger partial charge in [0.2, 0.25) is 0 Å². The lowest BCUT2D eigenvalue weighted by Crippen LogP contribution is -2.49. The monoisotopic (exact) mass is 477 g/mol. The minimum Gasteiger partial charge on any atom is -0.733 e. The predicted octanol–water partition coefficient (Wildman–Crippen LogP) is 4.29. The van der Waals surface area contributed by atoms with Gasteiger partial charge >= 0.3 is 6.09 Å². The Bertz CT molecular complexity index is 1150. The summed E-state index contributed by atoms with van der Waals surface area (Å²) in [6.45, 7) is 5.32. The average Bonchev–Trinajstić information content (AvgIpc) is 3.21. The summed E-state index contributed by atoms with van der Waals surface area (Å²) in [7, 11) is 0. The van der Waals surface area contributed by atoms with E-state index in [9.17, 15) is 20.0 Å². The van der Waals surface area contributed by atoms with E-state index in [0.717, 1.165) is 11.3 Å². The van der Waals surface area contributed by atoms with Crippen molar-refractivity contribution in [2.24, 2.45) is 0 Å². The molecule has 2 aromatic carbocycles. The van der Waals surface area contributed by atoms with Crippen molar-refractivity contribution in [1.29, 1.82) is 0 Å². The summed E-state index contributed by atoms with van der Waals surface area (Å²) < 4.78 is 5.38. The Morgan fingerprint density at radius 1 is 1.06 bits per heavy atom. The first-order valence-electron chi connectivity index (χ1n) is 11.9. The van der Waals surface area contributed by atoms with Gasteiger partial charge in [0, 0.05) is 42.3 Å². The van der Waals surface area contributed by atoms with Gasteiger partial charge in [0.25, 0.3) is 5.91 Å². The zero-order valence-electron chi connectivity index (χ0n) is 19.8. The number of anilines is 3. The first kappa shape index (κ1) is 23.2. The zero-order valence-corrected chi connectivity index (χ0v) is 19.8. The number of carbonyl (C=O) groups is 2. The molecule has 3 heterocycles. The van der Waals surface area contributed by atoms with Crippen LogP contribution in [-0.2, 0) is 11.3 Å². The lowest BCUT2D eigenvalue weighted by Gasteiger charge is -2.42. The summed E-state index contributed by atoms with van der Waals surface area (Å²) in [5.74, 6) is -0.189. The lowest BCUT2D eigenvalue weighted by atomic mass is 9.99. The topological polar surface area (TPSA) is 99.6 Å². The van der Waals surface area contributed by atoms with Gasteiger partial charge in [-0.05, 0) is 51.0 Å². The summed E-state index contributed by atoms with van der Waals surface area (Å²) in [5.41, 5.74) is 2.80. The number of piperidine rings is 1. The highest BCUT2D eigenvalue weighted by atomic mass is 16.8. The number of fused-ring (bicyclic) bond motifs is 1. The van der Waals surface area contributed by atoms with E-state index in [0.29, 0.717) is 37.2 Å². The number of benzene rings is 2. The van der Waals surface area contributed by atoms with E-state index in [-0.39, 0.29) is 47.6 Å². The molecule has 1 fully saturated rings. The molecule has 1 saturated heterocycles. The predicted molar refractivity (Wildman–Crippen MR) is 133 cm³/mol. The Balaban J connectivity index is 1.33. The van der Waals surface area contributed by atoms with Gasteiger partial charge < -0.3 is 25.0 Å². The molecule has 0 saturated carbocycles. The second-order valence-electron chi connectivity index (χ2n) is 9.33. The highest BCUT2D eigenvalue weighted by molar-refractivity contribution is 5.97. The quantitative estimate of drug-likeness (QED) is 0.518. The van der Waals surface area contributed by atoms with E-state index in [1.54, 1.807) is 21.9 Å². The third-order valence-corrected chi connectivity index (χ3v) is 7.18. The first-order valence-corrected chi connectivity index (χ1v) is 11.9. The van der Waals surface area contributed by atoms with E-state index in [2.05, 4.69) is 0 Å². The fraction of sp³-hybridized carbons (Fsp3) is 0.385. The minimum atomic E-state index is -0.341. The molecule has 0 aromatic heterocycles. The van der Waals surface area contributed by atoms with Crippen LogP contribution < -0.4 is 15.0 Å². The first-order chi connectivity index (χ1) is 16.8. The van der Waals surface area contributed by atoms with Crippen LogP contribution in [0.5, 0.6) is 0 Å². The molecule has 2 aromatic rings. The Morgan fingerprint density at radius 3 is 2.43 bits per heavy atom. The number of amides is 2. The van der Waals surface area contributed by atoms with Gasteiger partial charge in [-0.3, -0.25) is 14.9 Å². The van der Waals surface area contributed by atoms with Gasteiger partial charge in [-0.2, -0.15) is 0 Å². The van der Waals surface area contributed by atoms with E-state index in [1.165, 1.54) is 6.07 Å². The molecule has 3 aliphatic rings. The fourth-order valence-corrected chi connectivity index (χ4v) is 5.36. The molecular weight excluding hydrogens is 448 g/mol. The molecule has 0 radical (unpaired) electrons. The summed E-state index contributed by atoms with van der Waals surface area (Å²) >= 11 is 0. The largest absolute Gasteiger partial charge is 0.733 e. The Kier molecular flexibility index (Phi) is 6.12. The van der Waals surface area contributed by atoms with E-state index in [4.69, 9.17) is 4.74 Å². The van der Waals surface area contributed by atoms with Crippen molar-refractivity contribution in [3.05, 3.63) is 71.0 Å². The molecule has 9 heteroatoms. The number of para-hydroxylation sites is 1. The molecule has 35 heavy (non-hydrogen) atoms. The maximum absolute atomic E-state index is 13.1. The van der Waals surface area contributed by atoms with Crippen LogP contribution in [0.25, 0.3) is 0 Å². The van der Waals surface area contributed by atoms with Crippen LogP contribution in [0, 0.1) is 5.21 Å². The summed E-state index contributed by atoms with van der Waals surface area (Å²) in [6.07, 6.45) is 4.95. The van der Waals surface area contributed by atoms with Gasteiger partial charge in [0.1, 0.15) is 6.61 Å². The summed E-state index contributed by atoms with van der Waals surface area (Å²) in [5, 5.41) is 21.7. The molecule has 0 bridgehead atoms. The molecule has 0 aliphatic carbocycles. The van der Waals surface area contributed by atoms with Crippen molar-refractivity contribution >= 4 is 29.1 Å². The molecule has 2 amide bonds. The van der Waals surface area contributed by atoms with Crippen LogP contribution in [0.4, 0.5) is 21.9 Å². The maximum Gasteiger partial charge on any atom is 0.414 e. The number of ether oxygens (including phenoxy) is 1. The fourth-order valence-electron chi connectivity index (χ4n) is 5.36. The smallest absolute Gasteiger partial charge is 0.414 e. The van der Waals surface area contributed by atoms with Crippen LogP contribution in [0.15, 0.2) is 54.6 Å². The molecule has 1 N–H and O–H groups in total. The van der Waals surface area contributed by atoms with Crippen molar-refractivity contribution in [1.82, 2.24) is 4.90 Å². The number of rotatable bonds is 4. The van der Waals surface area contributed by atoms with Crippen molar-refractivity contribution < 1.29 is 19.5 Å². The highest BCUT2D eigenvalue weighted by Crippen LogP contribution is 2.36. The third-order valence-electron chi connectivity index (χ3n) is 7.18. The van der Waals surface area contributed by atoms with Crippen molar-refractivity contribution in [2.75, 3.05) is 28.1 Å². The average molecular weight is 478 g/mol. The van der Waals surface area contributed by atoms with Gasteiger partial charge in [-0.25, -0.2) is 4.79 Å². The van der Waals surface area contributed by atoms with E-state index in [1.807, 2.05) is 55.2 Å². The normalized spacial score (nSPS) is 22.3. The van der Waals surface area contributed by atoms with Crippen molar-refractivity contribution in [3.63, 3.8) is 0 Å². The molecule has 5 rings (SSSR count). The number of carbonyl (C=O) groups excluding carboxylic acids is 2. The number of hydrogen-bond donors (Lipinski definition) is 1.